The predicted octanol–water partition coefficient (Wildman–Crippen LogP) is 42.8. The first-order valence-corrected chi connectivity index (χ1v) is 54.7. The van der Waals surface area contributed by atoms with Crippen LogP contribution in [0.5, 0.6) is 0 Å². The summed E-state index contributed by atoms with van der Waals surface area (Å²) < 4.78 is 18.2. The lowest BCUT2D eigenvalue weighted by Gasteiger charge is -2.26. The highest BCUT2D eigenvalue weighted by molar-refractivity contribution is 7.28. The lowest BCUT2D eigenvalue weighted by Crippen LogP contribution is -2.10. The molecule has 0 unspecified atom stereocenters. The molecule has 7 aromatic heterocycles. The minimum Gasteiger partial charge on any atom is -0.310 e. The van der Waals surface area contributed by atoms with Gasteiger partial charge in [-0.15, -0.1) is 79.4 Å². The van der Waals surface area contributed by atoms with Crippen LogP contribution in [0.15, 0.2) is 516 Å². The van der Waals surface area contributed by atoms with Crippen molar-refractivity contribution in [3.05, 3.63) is 521 Å². The number of nitrogens with zero attached hydrogens (tertiary/aromatic N) is 6. The molecule has 29 aromatic rings. The van der Waals surface area contributed by atoms with Crippen molar-refractivity contribution in [2.45, 2.75) is 6.92 Å². The van der Waals surface area contributed by atoms with Gasteiger partial charge in [-0.25, -0.2) is 0 Å². The predicted molar refractivity (Wildman–Crippen MR) is 642 cm³/mol. The molecular formula is C133H88N6S7. The molecule has 0 spiro atoms. The van der Waals surface area contributed by atoms with Crippen molar-refractivity contribution in [2.24, 2.45) is 0 Å². The molecule has 0 fully saturated rings. The smallest absolute Gasteiger partial charge is 0.0554 e. The summed E-state index contributed by atoms with van der Waals surface area (Å²) in [6, 6.07) is 187. The second-order valence-corrected chi connectivity index (χ2v) is 44.2. The highest BCUT2D eigenvalue weighted by Crippen LogP contribution is 2.54. The van der Waals surface area contributed by atoms with E-state index in [1.54, 1.807) is 0 Å². The molecule has 13 heteroatoms. The first-order chi connectivity index (χ1) is 72.3. The van der Waals surface area contributed by atoms with Gasteiger partial charge in [0.25, 0.3) is 0 Å². The minimum absolute atomic E-state index is 1.14. The number of para-hydroxylation sites is 8. The Morgan fingerprint density at radius 2 is 0.329 bits per heavy atom. The molecule has 7 heterocycles. The molecule has 0 bridgehead atoms. The number of benzene rings is 22. The Bertz CT molecular complexity index is 9840. The van der Waals surface area contributed by atoms with Crippen LogP contribution in [0.2, 0.25) is 0 Å². The van der Waals surface area contributed by atoms with E-state index in [0.29, 0.717) is 0 Å². The molecule has 0 aliphatic rings. The first kappa shape index (κ1) is 88.1. The zero-order chi connectivity index (χ0) is 96.7. The van der Waals surface area contributed by atoms with Crippen molar-refractivity contribution in [3.8, 4) is 0 Å². The third-order valence-electron chi connectivity index (χ3n) is 27.8. The van der Waals surface area contributed by atoms with Crippen molar-refractivity contribution < 1.29 is 0 Å². The number of hydrogen-bond donors (Lipinski definition) is 0. The summed E-state index contributed by atoms with van der Waals surface area (Å²) in [5, 5.41) is 18.2. The van der Waals surface area contributed by atoms with Crippen LogP contribution in [0, 0.1) is 6.92 Å². The highest BCUT2D eigenvalue weighted by atomic mass is 32.1. The molecule has 0 amide bonds. The van der Waals surface area contributed by atoms with Gasteiger partial charge in [-0.2, -0.15) is 0 Å². The molecule has 0 saturated heterocycles. The van der Waals surface area contributed by atoms with E-state index in [9.17, 15) is 0 Å². The molecule has 0 radical (unpaired) electrons. The summed E-state index contributed by atoms with van der Waals surface area (Å²) in [6.45, 7) is 2.26. The van der Waals surface area contributed by atoms with E-state index < -0.39 is 0 Å². The normalized spacial score (nSPS) is 11.6. The maximum atomic E-state index is 2.44. The van der Waals surface area contributed by atoms with Gasteiger partial charge in [0, 0.05) is 238 Å². The maximum absolute atomic E-state index is 2.44. The van der Waals surface area contributed by atoms with E-state index >= 15 is 0 Å². The molecule has 22 aromatic carbocycles. The molecule has 692 valence electrons. The second-order valence-electron chi connectivity index (χ2n) is 36.6. The Kier molecular flexibility index (Phi) is 22.8. The fraction of sp³-hybridized carbons (Fsp3) is 0.00752. The van der Waals surface area contributed by atoms with Gasteiger partial charge in [-0.1, -0.05) is 249 Å². The molecular weight excluding hydrogens is 1910 g/mol. The van der Waals surface area contributed by atoms with E-state index in [1.165, 1.54) is 164 Å². The number of anilines is 18. The largest absolute Gasteiger partial charge is 0.310 e. The fourth-order valence-corrected chi connectivity index (χ4v) is 29.1. The topological polar surface area (TPSA) is 19.4 Å². The van der Waals surface area contributed by atoms with Crippen molar-refractivity contribution in [3.63, 3.8) is 0 Å². The van der Waals surface area contributed by atoms with Gasteiger partial charge < -0.3 is 29.4 Å². The number of thiophene rings is 7. The standard InChI is InChI=1S/C48H30N2S3.C43H30N2S2.C42H28N2S2/c1-3-11-31(12-4-1)49(32-13-5-2-6-14-32)33-21-26-46-42(27-33)40-24-20-36(30-48(40)53-46)50(34-22-25-45-41(28-34)38-16-8-10-18-44(38)51-45)35-19-23-39-37-15-7-9-17-43(37)52-47(39)29-35;1-29-25-35(45(32-17-9-4-10-18-32)34-21-23-37-36-19-11-12-20-39(36)46-41(37)27-34)28-42-43(29)38-26-33(22-24-40(38)47-42)44(30-13-5-2-6-14-30)31-15-7-3-8-16-31;1-4-13-29(14-5-1)43(30-15-6-2-7-16-30)32-24-26-39-36(27-32)34-25-23-33(28-41(34)46-39)44(31-17-8-3-9-18-31)37-20-12-22-40-42(37)35-19-10-11-21-38(35)45-40/h1-30H;2-28H,1H3;1-28H. The van der Waals surface area contributed by atoms with Gasteiger partial charge >= 0.3 is 0 Å². The lowest BCUT2D eigenvalue weighted by molar-refractivity contribution is 1.29. The van der Waals surface area contributed by atoms with Crippen molar-refractivity contribution in [1.29, 1.82) is 0 Å². The monoisotopic (exact) mass is 1990 g/mol. The van der Waals surface area contributed by atoms with Crippen LogP contribution in [0.1, 0.15) is 5.56 Å². The van der Waals surface area contributed by atoms with Crippen molar-refractivity contribution in [1.82, 2.24) is 0 Å². The average molecular weight is 1990 g/mol. The second kappa shape index (κ2) is 37.8. The SMILES string of the molecule is Cc1cc(N(c2ccccc2)c2ccc3c(c2)sc2ccccc23)cc2sc3ccc(N(c4ccccc4)c4ccccc4)cc3c12.c1ccc(N(c2ccccc2)c2ccc3sc4cc(N(c5ccc6c(c5)sc5ccccc56)c5ccc6sc7ccccc7c6c5)ccc4c3c2)cc1.c1ccc(N(c2ccccc2)c2ccc3sc4cc(N(c5ccccc5)c5cccc6sc7ccccc7c56)ccc4c3c2)cc1. The summed E-state index contributed by atoms with van der Waals surface area (Å²) in [6.07, 6.45) is 0. The molecule has 6 nitrogen and oxygen atoms in total. The van der Waals surface area contributed by atoms with Crippen LogP contribution >= 0.6 is 79.4 Å². The highest BCUT2D eigenvalue weighted by Gasteiger charge is 2.27. The first-order valence-electron chi connectivity index (χ1n) is 49.0. The van der Waals surface area contributed by atoms with Gasteiger partial charge in [-0.05, 0) is 279 Å². The van der Waals surface area contributed by atoms with E-state index in [2.05, 4.69) is 552 Å². The van der Waals surface area contributed by atoms with Crippen LogP contribution in [0.4, 0.5) is 102 Å². The number of hydrogen-bond acceptors (Lipinski definition) is 13. The van der Waals surface area contributed by atoms with Gasteiger partial charge in [0.15, 0.2) is 0 Å². The van der Waals surface area contributed by atoms with E-state index in [1.807, 2.05) is 79.4 Å². The van der Waals surface area contributed by atoms with Crippen molar-refractivity contribution >= 4 is 323 Å². The van der Waals surface area contributed by atoms with Crippen LogP contribution in [0.3, 0.4) is 0 Å². The molecule has 0 atom stereocenters. The van der Waals surface area contributed by atoms with E-state index in [4.69, 9.17) is 0 Å². The fourth-order valence-electron chi connectivity index (χ4n) is 21.2. The summed E-state index contributed by atoms with van der Waals surface area (Å²) in [4.78, 5) is 14.3. The number of fused-ring (bicyclic) bond motifs is 21. The van der Waals surface area contributed by atoms with Crippen LogP contribution in [-0.2, 0) is 0 Å². The van der Waals surface area contributed by atoms with E-state index in [-0.39, 0.29) is 0 Å². The summed E-state index contributed by atoms with van der Waals surface area (Å²) in [5.74, 6) is 0. The summed E-state index contributed by atoms with van der Waals surface area (Å²) >= 11 is 13.1. The average Bonchev–Trinajstić information content (AvgIpc) is 1.59. The third-order valence-corrected chi connectivity index (χ3v) is 35.7. The van der Waals surface area contributed by atoms with E-state index in [0.717, 1.165) is 85.3 Å². The van der Waals surface area contributed by atoms with Crippen LogP contribution in [-0.4, -0.2) is 0 Å². The Morgan fingerprint density at radius 3 is 0.685 bits per heavy atom. The van der Waals surface area contributed by atoms with Crippen LogP contribution < -0.4 is 29.4 Å². The molecule has 0 aliphatic heterocycles. The zero-order valence-electron chi connectivity index (χ0n) is 79.1. The van der Waals surface area contributed by atoms with Gasteiger partial charge in [0.1, 0.15) is 0 Å². The number of rotatable bonds is 18. The molecule has 29 rings (SSSR count). The van der Waals surface area contributed by atoms with Crippen molar-refractivity contribution in [2.75, 3.05) is 29.4 Å². The Labute approximate surface area is 872 Å². The molecule has 0 saturated carbocycles. The lowest BCUT2D eigenvalue weighted by atomic mass is 10.0. The van der Waals surface area contributed by atoms with Crippen LogP contribution in [0.25, 0.3) is 141 Å². The summed E-state index contributed by atoms with van der Waals surface area (Å²) in [7, 11) is 0. The molecule has 146 heavy (non-hydrogen) atoms. The Hall–Kier alpha value is -16.8. The third kappa shape index (κ3) is 16.2. The van der Waals surface area contributed by atoms with Gasteiger partial charge in [-0.3, -0.25) is 0 Å². The van der Waals surface area contributed by atoms with Gasteiger partial charge in [0.05, 0.1) is 5.69 Å². The molecule has 0 aliphatic carbocycles. The number of aryl methyl sites for hydroxylation is 1. The van der Waals surface area contributed by atoms with Gasteiger partial charge in [0.2, 0.25) is 0 Å². The molecule has 0 N–H and O–H groups in total. The quantitative estimate of drug-likeness (QED) is 0.0847. The minimum atomic E-state index is 1.14. The maximum Gasteiger partial charge on any atom is 0.0554 e. The Balaban J connectivity index is 0.000000109. The zero-order valence-corrected chi connectivity index (χ0v) is 84.8. The Morgan fingerprint density at radius 1 is 0.116 bits per heavy atom. The summed E-state index contributed by atoms with van der Waals surface area (Å²) in [5.41, 5.74) is 22.0.